The van der Waals surface area contributed by atoms with Crippen molar-refractivity contribution in [1.29, 1.82) is 0 Å². The topological polar surface area (TPSA) is 127 Å². The third-order valence-electron chi connectivity index (χ3n) is 4.36. The van der Waals surface area contributed by atoms with E-state index >= 15 is 0 Å². The molecule has 2 heterocycles. The average molecular weight is 390 g/mol. The Morgan fingerprint density at radius 1 is 0.821 bits per heavy atom. The summed E-state index contributed by atoms with van der Waals surface area (Å²) < 4.78 is 24.1. The van der Waals surface area contributed by atoms with Crippen molar-refractivity contribution in [2.24, 2.45) is 0 Å². The number of aliphatic hydroxyl groups is 2. The zero-order valence-corrected chi connectivity index (χ0v) is 14.3. The van der Waals surface area contributed by atoms with Gasteiger partial charge in [0.05, 0.1) is 5.92 Å². The van der Waals surface area contributed by atoms with Gasteiger partial charge in [-0.2, -0.15) is 0 Å². The Labute approximate surface area is 157 Å². The summed E-state index contributed by atoms with van der Waals surface area (Å²) in [4.78, 5) is 48.9. The molecule has 0 saturated heterocycles. The predicted octanol–water partition coefficient (Wildman–Crippen LogP) is -0.264. The van der Waals surface area contributed by atoms with Crippen LogP contribution in [-0.4, -0.2) is 58.8 Å². The van der Waals surface area contributed by atoms with E-state index in [4.69, 9.17) is 9.47 Å². The molecule has 28 heavy (non-hydrogen) atoms. The van der Waals surface area contributed by atoms with E-state index in [0.717, 1.165) is 24.3 Å². The lowest BCUT2D eigenvalue weighted by Gasteiger charge is -2.35. The minimum Gasteiger partial charge on any atom is -0.483 e. The monoisotopic (exact) mass is 390 g/mol. The normalized spacial score (nSPS) is 23.5. The second-order valence-corrected chi connectivity index (χ2v) is 6.15. The fourth-order valence-corrected chi connectivity index (χ4v) is 3.05. The second kappa shape index (κ2) is 7.83. The Bertz CT molecular complexity index is 847. The van der Waals surface area contributed by atoms with Gasteiger partial charge in [0.25, 0.3) is 0 Å². The van der Waals surface area contributed by atoms with Crippen molar-refractivity contribution in [3.63, 3.8) is 0 Å². The van der Waals surface area contributed by atoms with Crippen LogP contribution >= 0.6 is 0 Å². The highest BCUT2D eigenvalue weighted by Crippen LogP contribution is 2.34. The molecule has 1 aromatic rings. The van der Waals surface area contributed by atoms with E-state index in [0.29, 0.717) is 0 Å². The maximum absolute atomic E-state index is 13.4. The zero-order chi connectivity index (χ0) is 20.4. The molecule has 9 heteroatoms. The molecule has 0 fully saturated rings. The maximum atomic E-state index is 13.4. The molecule has 0 aromatic heterocycles. The van der Waals surface area contributed by atoms with Crippen LogP contribution in [0.4, 0.5) is 4.39 Å². The second-order valence-electron chi connectivity index (χ2n) is 6.15. The zero-order valence-electron chi connectivity index (χ0n) is 14.3. The lowest BCUT2D eigenvalue weighted by atomic mass is 9.81. The predicted molar refractivity (Wildman–Crippen MR) is 89.3 cm³/mol. The largest absolute Gasteiger partial charge is 0.483 e. The first-order valence-electron chi connectivity index (χ1n) is 8.23. The number of allylic oxidation sites excluding steroid dienone is 2. The van der Waals surface area contributed by atoms with Crippen molar-refractivity contribution in [2.45, 2.75) is 18.1 Å². The minimum atomic E-state index is -1.59. The number of hydrogen-bond acceptors (Lipinski definition) is 8. The highest BCUT2D eigenvalue weighted by molar-refractivity contribution is 6.45. The molecule has 2 unspecified atom stereocenters. The van der Waals surface area contributed by atoms with Gasteiger partial charge in [-0.25, -0.2) is 4.39 Å². The van der Waals surface area contributed by atoms with Gasteiger partial charge in [0.1, 0.15) is 30.5 Å². The molecule has 2 aliphatic rings. The first kappa shape index (κ1) is 19.6. The Morgan fingerprint density at radius 3 is 1.64 bits per heavy atom. The van der Waals surface area contributed by atoms with E-state index in [-0.39, 0.29) is 17.1 Å². The third-order valence-corrected chi connectivity index (χ3v) is 4.36. The number of halogens is 1. The smallest absolute Gasteiger partial charge is 0.243 e. The number of aliphatic hydroxyl groups excluding tert-OH is 2. The molecule has 2 atom stereocenters. The molecule has 0 radical (unpaired) electrons. The van der Waals surface area contributed by atoms with E-state index in [1.165, 1.54) is 12.1 Å². The van der Waals surface area contributed by atoms with Crippen LogP contribution < -0.4 is 0 Å². The molecule has 0 spiro atoms. The molecule has 0 aliphatic carbocycles. The van der Waals surface area contributed by atoms with E-state index in [9.17, 15) is 33.8 Å². The van der Waals surface area contributed by atoms with Crippen LogP contribution in [0, 0.1) is 5.82 Å². The summed E-state index contributed by atoms with van der Waals surface area (Å²) in [5.41, 5.74) is 0.192. The van der Waals surface area contributed by atoms with E-state index in [2.05, 4.69) is 0 Å². The number of hydrogen-bond donors (Lipinski definition) is 2. The van der Waals surface area contributed by atoms with Crippen LogP contribution in [0.1, 0.15) is 11.5 Å². The molecular weight excluding hydrogens is 375 g/mol. The van der Waals surface area contributed by atoms with Crippen molar-refractivity contribution in [1.82, 2.24) is 0 Å². The van der Waals surface area contributed by atoms with Gasteiger partial charge >= 0.3 is 0 Å². The third kappa shape index (κ3) is 3.62. The number of ether oxygens (including phenoxy) is 2. The van der Waals surface area contributed by atoms with Crippen LogP contribution in [0.25, 0.3) is 0 Å². The van der Waals surface area contributed by atoms with Gasteiger partial charge in [0, 0.05) is 12.2 Å². The van der Waals surface area contributed by atoms with Gasteiger partial charge in [0.2, 0.25) is 23.1 Å². The molecule has 1 aromatic carbocycles. The molecule has 0 saturated carbocycles. The molecule has 8 nitrogen and oxygen atoms in total. The Hall–Kier alpha value is -3.17. The molecular formula is C19H15FO8. The van der Waals surface area contributed by atoms with Crippen LogP contribution in [-0.2, 0) is 28.7 Å². The van der Waals surface area contributed by atoms with Crippen LogP contribution in [0.15, 0.2) is 47.9 Å². The summed E-state index contributed by atoms with van der Waals surface area (Å²) >= 11 is 0. The van der Waals surface area contributed by atoms with Crippen LogP contribution in [0.3, 0.4) is 0 Å². The van der Waals surface area contributed by atoms with Gasteiger partial charge in [0.15, 0.2) is 12.2 Å². The van der Waals surface area contributed by atoms with Crippen LogP contribution in [0.2, 0.25) is 0 Å². The van der Waals surface area contributed by atoms with E-state index in [1.807, 2.05) is 0 Å². The minimum absolute atomic E-state index is 0.192. The summed E-state index contributed by atoms with van der Waals surface area (Å²) in [7, 11) is 0. The van der Waals surface area contributed by atoms with Crippen LogP contribution in [0.5, 0.6) is 0 Å². The lowest BCUT2D eigenvalue weighted by Crippen LogP contribution is -2.49. The Morgan fingerprint density at radius 2 is 1.25 bits per heavy atom. The molecule has 2 N–H and O–H groups in total. The molecule has 146 valence electrons. The van der Waals surface area contributed by atoms with Gasteiger partial charge in [-0.1, -0.05) is 12.1 Å². The van der Waals surface area contributed by atoms with Gasteiger partial charge in [-0.15, -0.1) is 0 Å². The van der Waals surface area contributed by atoms with Crippen molar-refractivity contribution < 1.29 is 43.3 Å². The van der Waals surface area contributed by atoms with Crippen molar-refractivity contribution >= 4 is 23.1 Å². The first-order valence-corrected chi connectivity index (χ1v) is 8.23. The van der Waals surface area contributed by atoms with Gasteiger partial charge < -0.3 is 19.7 Å². The van der Waals surface area contributed by atoms with E-state index in [1.54, 1.807) is 0 Å². The number of Topliss-reactive ketones (excluding diaryl/α,β-unsaturated/α-hetero) is 2. The number of rotatable bonds is 5. The van der Waals surface area contributed by atoms with Gasteiger partial charge in [-0.05, 0) is 17.7 Å². The quantitative estimate of drug-likeness (QED) is 0.658. The molecule has 0 amide bonds. The summed E-state index contributed by atoms with van der Waals surface area (Å²) in [5, 5.41) is 18.6. The molecule has 0 bridgehead atoms. The standard InChI is InChI=1S/C19H15FO8/c20-10-3-1-9(2-4-10)15(18-16(25)13(23)5-11(7-21)27-18)19-17(26)14(24)6-12(8-22)28-19/h1-6,15,18-19,21-22H,7-8H2. The lowest BCUT2D eigenvalue weighted by molar-refractivity contribution is -0.150. The highest BCUT2D eigenvalue weighted by Gasteiger charge is 2.48. The number of benzene rings is 1. The Kier molecular flexibility index (Phi) is 5.48. The summed E-state index contributed by atoms with van der Waals surface area (Å²) in [6.45, 7) is -1.35. The molecule has 2 aliphatic heterocycles. The van der Waals surface area contributed by atoms with Gasteiger partial charge in [-0.3, -0.25) is 19.2 Å². The summed E-state index contributed by atoms with van der Waals surface area (Å²) in [5.74, 6) is -6.25. The average Bonchev–Trinajstić information content (AvgIpc) is 2.69. The van der Waals surface area contributed by atoms with Crippen molar-refractivity contribution in [3.05, 3.63) is 59.3 Å². The Balaban J connectivity index is 2.09. The summed E-state index contributed by atoms with van der Waals surface area (Å²) in [6, 6.07) is 4.66. The maximum Gasteiger partial charge on any atom is 0.243 e. The number of carbonyl (C=O) groups is 4. The van der Waals surface area contributed by atoms with Crippen molar-refractivity contribution in [2.75, 3.05) is 13.2 Å². The molecule has 3 rings (SSSR count). The van der Waals surface area contributed by atoms with Crippen molar-refractivity contribution in [3.8, 4) is 0 Å². The van der Waals surface area contributed by atoms with E-state index < -0.39 is 60.3 Å². The number of ketones is 4. The number of carbonyl (C=O) groups excluding carboxylic acids is 4. The fourth-order valence-electron chi connectivity index (χ4n) is 3.05. The highest BCUT2D eigenvalue weighted by atomic mass is 19.1. The summed E-state index contributed by atoms with van der Waals surface area (Å²) in [6.07, 6.45) is -1.53. The first-order chi connectivity index (χ1) is 13.3. The SMILES string of the molecule is O=C1C=C(CO)OC(C(c2ccc(F)cc2)C2OC(CO)=CC(=O)C2=O)C1=O. The fraction of sp³-hybridized carbons (Fsp3) is 0.263.